The van der Waals surface area contributed by atoms with Gasteiger partial charge in [-0.1, -0.05) is 6.58 Å². The van der Waals surface area contributed by atoms with Crippen molar-refractivity contribution in [1.29, 1.82) is 5.26 Å². The Morgan fingerprint density at radius 3 is 2.83 bits per heavy atom. The van der Waals surface area contributed by atoms with Crippen molar-refractivity contribution in [3.05, 3.63) is 42.4 Å². The first-order valence-corrected chi connectivity index (χ1v) is 9.16. The number of nitriles is 1. The number of nitrogens with one attached hydrogen (secondary N) is 1. The van der Waals surface area contributed by atoms with E-state index in [4.69, 9.17) is 9.47 Å². The van der Waals surface area contributed by atoms with Crippen LogP contribution in [-0.2, 0) is 14.3 Å². The average molecular weight is 397 g/mol. The zero-order valence-electron chi connectivity index (χ0n) is 16.3. The maximum atomic E-state index is 12.7. The minimum Gasteiger partial charge on any atom is -0.499 e. The van der Waals surface area contributed by atoms with Gasteiger partial charge in [0.05, 0.1) is 37.6 Å². The summed E-state index contributed by atoms with van der Waals surface area (Å²) in [6, 6.07) is 4.92. The molecule has 1 fully saturated rings. The molecule has 2 heterocycles. The normalized spacial score (nSPS) is 20.0. The van der Waals surface area contributed by atoms with Crippen LogP contribution in [0.15, 0.2) is 36.9 Å². The third-order valence-electron chi connectivity index (χ3n) is 4.77. The molecular formula is C20H23N5O4. The molecule has 3 atom stereocenters. The van der Waals surface area contributed by atoms with Crippen LogP contribution in [0.25, 0.3) is 11.0 Å². The number of hydrogen-bond acceptors (Lipinski definition) is 8. The van der Waals surface area contributed by atoms with Gasteiger partial charge in [-0.2, -0.15) is 5.26 Å². The Labute approximate surface area is 168 Å². The van der Waals surface area contributed by atoms with Crippen molar-refractivity contribution in [3.8, 4) is 6.07 Å². The van der Waals surface area contributed by atoms with Gasteiger partial charge >= 0.3 is 0 Å². The molecule has 2 N–H and O–H groups in total. The van der Waals surface area contributed by atoms with Crippen LogP contribution >= 0.6 is 0 Å². The summed E-state index contributed by atoms with van der Waals surface area (Å²) in [7, 11) is 1.43. The Balaban J connectivity index is 1.86. The fourth-order valence-corrected chi connectivity index (χ4v) is 3.32. The number of benzene rings is 1. The first kappa shape index (κ1) is 20.5. The molecular weight excluding hydrogens is 374 g/mol. The van der Waals surface area contributed by atoms with Gasteiger partial charge in [0.15, 0.2) is 6.10 Å². The van der Waals surface area contributed by atoms with E-state index in [2.05, 4.69) is 27.9 Å². The van der Waals surface area contributed by atoms with Gasteiger partial charge in [0.25, 0.3) is 5.91 Å². The second kappa shape index (κ2) is 8.86. The van der Waals surface area contributed by atoms with Crippen molar-refractivity contribution in [2.45, 2.75) is 25.2 Å². The number of ether oxygens (including phenoxy) is 2. The van der Waals surface area contributed by atoms with E-state index < -0.39 is 12.1 Å². The van der Waals surface area contributed by atoms with Crippen LogP contribution in [0, 0.1) is 11.3 Å². The van der Waals surface area contributed by atoms with Crippen LogP contribution in [0.1, 0.15) is 12.5 Å². The minimum atomic E-state index is -0.764. The first-order chi connectivity index (χ1) is 14.0. The van der Waals surface area contributed by atoms with Crippen molar-refractivity contribution in [3.63, 3.8) is 0 Å². The maximum absolute atomic E-state index is 12.7. The van der Waals surface area contributed by atoms with E-state index in [9.17, 15) is 15.2 Å². The lowest BCUT2D eigenvalue weighted by atomic mass is 10.1. The summed E-state index contributed by atoms with van der Waals surface area (Å²) in [4.78, 5) is 23.4. The Kier molecular flexibility index (Phi) is 6.26. The molecule has 1 amide bonds. The van der Waals surface area contributed by atoms with Crippen molar-refractivity contribution >= 4 is 22.6 Å². The molecule has 29 heavy (non-hydrogen) atoms. The number of aliphatic hydroxyl groups excluding tert-OH is 1. The number of carbonyl (C=O) groups excluding carboxylic acids is 1. The number of hydrogen-bond donors (Lipinski definition) is 2. The molecule has 152 valence electrons. The molecule has 3 rings (SSSR count). The quantitative estimate of drug-likeness (QED) is 0.685. The summed E-state index contributed by atoms with van der Waals surface area (Å²) >= 11 is 0. The molecule has 1 aromatic carbocycles. The smallest absolute Gasteiger partial charge is 0.251 e. The van der Waals surface area contributed by atoms with Crippen molar-refractivity contribution < 1.29 is 19.4 Å². The number of aromatic nitrogens is 2. The number of amides is 1. The minimum absolute atomic E-state index is 0.222. The zero-order chi connectivity index (χ0) is 21.0. The number of methoxy groups -OCH3 is 1. The van der Waals surface area contributed by atoms with E-state index in [0.29, 0.717) is 23.1 Å². The second-order valence-electron chi connectivity index (χ2n) is 6.75. The molecule has 0 aliphatic carbocycles. The van der Waals surface area contributed by atoms with Crippen molar-refractivity contribution in [1.82, 2.24) is 15.3 Å². The van der Waals surface area contributed by atoms with E-state index in [-0.39, 0.29) is 30.9 Å². The van der Waals surface area contributed by atoms with E-state index >= 15 is 0 Å². The van der Waals surface area contributed by atoms with Gasteiger partial charge < -0.3 is 24.8 Å². The van der Waals surface area contributed by atoms with Crippen LogP contribution in [0.5, 0.6) is 0 Å². The predicted molar refractivity (Wildman–Crippen MR) is 106 cm³/mol. The number of carbonyl (C=O) groups is 1. The number of nitrogens with zero attached hydrogens (tertiary/aromatic N) is 4. The molecule has 0 bridgehead atoms. The SMILES string of the molecule is C=C(OC)C(CO)NC(=O)C1CN(c2ccc(C#N)c3nccnc23)CC(C)O1. The summed E-state index contributed by atoms with van der Waals surface area (Å²) in [6.45, 7) is 6.06. The molecule has 1 aliphatic rings. The van der Waals surface area contributed by atoms with Crippen LogP contribution < -0.4 is 10.2 Å². The standard InChI is InChI=1S/C20H23N5O4/c1-12-9-25(10-17(29-12)20(27)24-15(11-26)13(2)28-3)16-5-4-14(8-21)18-19(16)23-7-6-22-18/h4-7,12,15,17,26H,2,9-11H2,1,3H3,(H,24,27). The van der Waals surface area contributed by atoms with E-state index in [1.54, 1.807) is 18.5 Å². The molecule has 0 radical (unpaired) electrons. The lowest BCUT2D eigenvalue weighted by Gasteiger charge is -2.38. The number of aliphatic hydroxyl groups is 1. The third-order valence-corrected chi connectivity index (χ3v) is 4.77. The Morgan fingerprint density at radius 2 is 2.17 bits per heavy atom. The summed E-state index contributed by atoms with van der Waals surface area (Å²) in [5.74, 6) is -0.113. The molecule has 1 aromatic heterocycles. The zero-order valence-corrected chi connectivity index (χ0v) is 16.3. The molecule has 0 saturated carbocycles. The Hall–Kier alpha value is -3.22. The van der Waals surface area contributed by atoms with Crippen LogP contribution in [0.4, 0.5) is 5.69 Å². The molecule has 0 spiro atoms. The van der Waals surface area contributed by atoms with Gasteiger partial charge in [0.1, 0.15) is 28.9 Å². The largest absolute Gasteiger partial charge is 0.499 e. The van der Waals surface area contributed by atoms with E-state index in [1.165, 1.54) is 7.11 Å². The van der Waals surface area contributed by atoms with Gasteiger partial charge in [-0.05, 0) is 19.1 Å². The number of anilines is 1. The highest BCUT2D eigenvalue weighted by molar-refractivity contribution is 5.92. The predicted octanol–water partition coefficient (Wildman–Crippen LogP) is 0.732. The number of fused-ring (bicyclic) bond motifs is 1. The summed E-state index contributed by atoms with van der Waals surface area (Å²) in [5.41, 5.74) is 2.33. The maximum Gasteiger partial charge on any atom is 0.251 e. The highest BCUT2D eigenvalue weighted by atomic mass is 16.5. The lowest BCUT2D eigenvalue weighted by molar-refractivity contribution is -0.138. The molecule has 9 heteroatoms. The summed E-state index contributed by atoms with van der Waals surface area (Å²) in [6.07, 6.45) is 2.13. The first-order valence-electron chi connectivity index (χ1n) is 9.16. The Morgan fingerprint density at radius 1 is 1.45 bits per heavy atom. The van der Waals surface area contributed by atoms with E-state index in [0.717, 1.165) is 5.69 Å². The fourth-order valence-electron chi connectivity index (χ4n) is 3.32. The summed E-state index contributed by atoms with van der Waals surface area (Å²) in [5, 5.41) is 21.5. The Bertz CT molecular complexity index is 958. The topological polar surface area (TPSA) is 121 Å². The molecule has 3 unspecified atom stereocenters. The number of morpholine rings is 1. The molecule has 1 aliphatic heterocycles. The average Bonchev–Trinajstić information content (AvgIpc) is 2.75. The summed E-state index contributed by atoms with van der Waals surface area (Å²) < 4.78 is 10.8. The van der Waals surface area contributed by atoms with Gasteiger partial charge in [0, 0.05) is 18.9 Å². The second-order valence-corrected chi connectivity index (χ2v) is 6.75. The highest BCUT2D eigenvalue weighted by Gasteiger charge is 2.33. The van der Waals surface area contributed by atoms with Gasteiger partial charge in [0.2, 0.25) is 0 Å². The van der Waals surface area contributed by atoms with E-state index in [1.807, 2.05) is 17.9 Å². The van der Waals surface area contributed by atoms with Gasteiger partial charge in [-0.15, -0.1) is 0 Å². The van der Waals surface area contributed by atoms with Crippen LogP contribution in [0.2, 0.25) is 0 Å². The van der Waals surface area contributed by atoms with Gasteiger partial charge in [-0.25, -0.2) is 0 Å². The molecule has 2 aromatic rings. The number of rotatable bonds is 6. The lowest BCUT2D eigenvalue weighted by Crippen LogP contribution is -2.55. The van der Waals surface area contributed by atoms with Crippen molar-refractivity contribution in [2.75, 3.05) is 31.7 Å². The highest BCUT2D eigenvalue weighted by Crippen LogP contribution is 2.28. The van der Waals surface area contributed by atoms with Crippen LogP contribution in [0.3, 0.4) is 0 Å². The fraction of sp³-hybridized carbons (Fsp3) is 0.400. The molecule has 1 saturated heterocycles. The monoisotopic (exact) mass is 397 g/mol. The van der Waals surface area contributed by atoms with Gasteiger partial charge in [-0.3, -0.25) is 14.8 Å². The third kappa shape index (κ3) is 4.29. The molecule has 9 nitrogen and oxygen atoms in total. The van der Waals surface area contributed by atoms with Crippen molar-refractivity contribution in [2.24, 2.45) is 0 Å². The van der Waals surface area contributed by atoms with Crippen LogP contribution in [-0.4, -0.2) is 66.0 Å².